The minimum Gasteiger partial charge on any atom is -0.319 e. The molecule has 0 atom stereocenters. The number of carbonyl (C=O) groups is 2. The molecule has 2 heterocycles. The normalized spacial score (nSPS) is 14.2. The molecular formula is C15H14N4O3. The van der Waals surface area contributed by atoms with Gasteiger partial charge in [0.2, 0.25) is 5.91 Å². The maximum absolute atomic E-state index is 12.2. The minimum atomic E-state index is -0.449. The van der Waals surface area contributed by atoms with Crippen LogP contribution in [0.15, 0.2) is 41.2 Å². The number of rotatable bonds is 3. The number of H-pyrrole nitrogens is 1. The van der Waals surface area contributed by atoms with E-state index in [0.717, 1.165) is 6.42 Å². The van der Waals surface area contributed by atoms with Crippen molar-refractivity contribution in [1.29, 1.82) is 0 Å². The predicted molar refractivity (Wildman–Crippen MR) is 80.8 cm³/mol. The summed E-state index contributed by atoms with van der Waals surface area (Å²) in [6.07, 6.45) is 1.33. The molecule has 1 aliphatic heterocycles. The Hall–Kier alpha value is -2.96. The van der Waals surface area contributed by atoms with Crippen LogP contribution in [0.5, 0.6) is 0 Å². The Morgan fingerprint density at radius 2 is 2.00 bits per heavy atom. The van der Waals surface area contributed by atoms with Gasteiger partial charge >= 0.3 is 0 Å². The smallest absolute Gasteiger partial charge is 0.276 e. The van der Waals surface area contributed by atoms with Crippen molar-refractivity contribution in [3.63, 3.8) is 0 Å². The zero-order valence-corrected chi connectivity index (χ0v) is 11.7. The van der Waals surface area contributed by atoms with Gasteiger partial charge in [-0.05, 0) is 24.6 Å². The summed E-state index contributed by atoms with van der Waals surface area (Å²) in [4.78, 5) is 36.7. The molecule has 2 aromatic rings. The fourth-order valence-electron chi connectivity index (χ4n) is 2.37. The summed E-state index contributed by atoms with van der Waals surface area (Å²) in [5.74, 6) is -0.404. The van der Waals surface area contributed by atoms with Gasteiger partial charge in [-0.2, -0.15) is 5.10 Å². The van der Waals surface area contributed by atoms with Crippen molar-refractivity contribution in [2.75, 3.05) is 16.8 Å². The Balaban J connectivity index is 1.86. The number of nitrogens with one attached hydrogen (secondary N) is 2. The molecule has 0 saturated carbocycles. The molecule has 1 fully saturated rings. The van der Waals surface area contributed by atoms with E-state index >= 15 is 0 Å². The van der Waals surface area contributed by atoms with Crippen LogP contribution in [0, 0.1) is 0 Å². The molecule has 2 N–H and O–H groups in total. The molecule has 7 nitrogen and oxygen atoms in total. The van der Waals surface area contributed by atoms with Gasteiger partial charge in [0.05, 0.1) is 11.4 Å². The van der Waals surface area contributed by atoms with Crippen LogP contribution in [0.2, 0.25) is 0 Å². The van der Waals surface area contributed by atoms with E-state index in [1.165, 1.54) is 12.1 Å². The van der Waals surface area contributed by atoms with Gasteiger partial charge in [-0.25, -0.2) is 5.10 Å². The third kappa shape index (κ3) is 2.73. The third-order valence-corrected chi connectivity index (χ3v) is 3.43. The molecule has 0 bridgehead atoms. The van der Waals surface area contributed by atoms with E-state index in [1.807, 2.05) is 6.07 Å². The number of hydrogen-bond acceptors (Lipinski definition) is 4. The van der Waals surface area contributed by atoms with Crippen molar-refractivity contribution in [2.45, 2.75) is 12.8 Å². The highest BCUT2D eigenvalue weighted by Gasteiger charge is 2.24. The zero-order chi connectivity index (χ0) is 15.5. The average molecular weight is 298 g/mol. The van der Waals surface area contributed by atoms with Crippen molar-refractivity contribution < 1.29 is 9.59 Å². The summed E-state index contributed by atoms with van der Waals surface area (Å²) in [5.41, 5.74) is 0.931. The van der Waals surface area contributed by atoms with Crippen LogP contribution in [0.3, 0.4) is 0 Å². The molecule has 1 saturated heterocycles. The zero-order valence-electron chi connectivity index (χ0n) is 11.7. The van der Waals surface area contributed by atoms with Crippen LogP contribution in [-0.4, -0.2) is 28.6 Å². The van der Waals surface area contributed by atoms with E-state index in [-0.39, 0.29) is 17.2 Å². The molecule has 112 valence electrons. The van der Waals surface area contributed by atoms with Crippen molar-refractivity contribution in [3.8, 4) is 0 Å². The second-order valence-electron chi connectivity index (χ2n) is 4.93. The summed E-state index contributed by atoms with van der Waals surface area (Å²) in [6, 6.07) is 9.69. The van der Waals surface area contributed by atoms with E-state index < -0.39 is 5.91 Å². The van der Waals surface area contributed by atoms with Crippen LogP contribution in [0.25, 0.3) is 0 Å². The largest absolute Gasteiger partial charge is 0.319 e. The summed E-state index contributed by atoms with van der Waals surface area (Å²) in [6.45, 7) is 0.641. The highest BCUT2D eigenvalue weighted by molar-refractivity contribution is 6.07. The SMILES string of the molecule is O=C(Nc1ccccc1N1CCCC1=O)c1ccc(=O)[nH]n1. The van der Waals surface area contributed by atoms with Crippen molar-refractivity contribution >= 4 is 23.2 Å². The highest BCUT2D eigenvalue weighted by Crippen LogP contribution is 2.29. The molecule has 0 aliphatic carbocycles. The van der Waals surface area contributed by atoms with Gasteiger partial charge in [0, 0.05) is 19.0 Å². The monoisotopic (exact) mass is 298 g/mol. The van der Waals surface area contributed by atoms with Crippen LogP contribution in [0.1, 0.15) is 23.3 Å². The Labute approximate surface area is 126 Å². The van der Waals surface area contributed by atoms with Crippen molar-refractivity contribution in [1.82, 2.24) is 10.2 Å². The highest BCUT2D eigenvalue weighted by atomic mass is 16.2. The van der Waals surface area contributed by atoms with Crippen LogP contribution in [0.4, 0.5) is 11.4 Å². The van der Waals surface area contributed by atoms with Gasteiger partial charge in [-0.3, -0.25) is 14.4 Å². The second kappa shape index (κ2) is 5.80. The summed E-state index contributed by atoms with van der Waals surface area (Å²) in [5, 5.41) is 8.63. The van der Waals surface area contributed by atoms with Gasteiger partial charge in [0.15, 0.2) is 0 Å². The van der Waals surface area contributed by atoms with Gasteiger partial charge in [-0.1, -0.05) is 12.1 Å². The molecule has 0 unspecified atom stereocenters. The topological polar surface area (TPSA) is 95.2 Å². The lowest BCUT2D eigenvalue weighted by Crippen LogP contribution is -2.26. The van der Waals surface area contributed by atoms with Gasteiger partial charge in [-0.15, -0.1) is 0 Å². The molecule has 0 spiro atoms. The Bertz CT molecular complexity index is 764. The first-order chi connectivity index (χ1) is 10.6. The standard InChI is InChI=1S/C15H14N4O3/c20-13-8-7-11(17-18-13)15(22)16-10-4-1-2-5-12(10)19-9-3-6-14(19)21/h1-2,4-5,7-8H,3,6,9H2,(H,16,22)(H,18,20). The summed E-state index contributed by atoms with van der Waals surface area (Å²) >= 11 is 0. The van der Waals surface area contributed by atoms with E-state index in [9.17, 15) is 14.4 Å². The number of para-hydroxylation sites is 2. The lowest BCUT2D eigenvalue weighted by atomic mass is 10.2. The number of amides is 2. The Morgan fingerprint density at radius 3 is 2.68 bits per heavy atom. The second-order valence-corrected chi connectivity index (χ2v) is 4.93. The third-order valence-electron chi connectivity index (χ3n) is 3.43. The fraction of sp³-hybridized carbons (Fsp3) is 0.200. The van der Waals surface area contributed by atoms with E-state index in [4.69, 9.17) is 0 Å². The van der Waals surface area contributed by atoms with E-state index in [2.05, 4.69) is 15.5 Å². The van der Waals surface area contributed by atoms with Crippen LogP contribution >= 0.6 is 0 Å². The number of benzene rings is 1. The van der Waals surface area contributed by atoms with Gasteiger partial charge < -0.3 is 10.2 Å². The maximum atomic E-state index is 12.2. The fourth-order valence-corrected chi connectivity index (χ4v) is 2.37. The first-order valence-corrected chi connectivity index (χ1v) is 6.91. The number of anilines is 2. The lowest BCUT2D eigenvalue weighted by molar-refractivity contribution is -0.117. The first-order valence-electron chi connectivity index (χ1n) is 6.91. The van der Waals surface area contributed by atoms with E-state index in [0.29, 0.717) is 24.3 Å². The maximum Gasteiger partial charge on any atom is 0.276 e. The molecule has 1 aromatic heterocycles. The molecule has 7 heteroatoms. The average Bonchev–Trinajstić information content (AvgIpc) is 2.94. The molecule has 1 aromatic carbocycles. The quantitative estimate of drug-likeness (QED) is 0.888. The first kappa shape index (κ1) is 14.0. The molecule has 3 rings (SSSR count). The molecule has 0 radical (unpaired) electrons. The molecule has 22 heavy (non-hydrogen) atoms. The Kier molecular flexibility index (Phi) is 3.69. The van der Waals surface area contributed by atoms with Gasteiger partial charge in [0.25, 0.3) is 11.5 Å². The van der Waals surface area contributed by atoms with Crippen molar-refractivity contribution in [3.05, 3.63) is 52.4 Å². The van der Waals surface area contributed by atoms with Crippen LogP contribution < -0.4 is 15.8 Å². The molecular weight excluding hydrogens is 284 g/mol. The molecule has 2 amide bonds. The number of aromatic amines is 1. The Morgan fingerprint density at radius 1 is 1.18 bits per heavy atom. The van der Waals surface area contributed by atoms with Crippen LogP contribution in [-0.2, 0) is 4.79 Å². The number of nitrogens with zero attached hydrogens (tertiary/aromatic N) is 2. The number of carbonyl (C=O) groups excluding carboxylic acids is 2. The predicted octanol–water partition coefficient (Wildman–Crippen LogP) is 1.15. The van der Waals surface area contributed by atoms with Gasteiger partial charge in [0.1, 0.15) is 5.69 Å². The summed E-state index contributed by atoms with van der Waals surface area (Å²) in [7, 11) is 0. The number of hydrogen-bond donors (Lipinski definition) is 2. The molecule has 1 aliphatic rings. The lowest BCUT2D eigenvalue weighted by Gasteiger charge is -2.19. The minimum absolute atomic E-state index is 0.0452. The van der Waals surface area contributed by atoms with E-state index in [1.54, 1.807) is 23.1 Å². The summed E-state index contributed by atoms with van der Waals surface area (Å²) < 4.78 is 0. The number of aromatic nitrogens is 2. The van der Waals surface area contributed by atoms with Crippen molar-refractivity contribution in [2.24, 2.45) is 0 Å².